The normalized spacial score (nSPS) is 39.5. The zero-order valence-electron chi connectivity index (χ0n) is 15.3. The maximum absolute atomic E-state index is 13.3. The highest BCUT2D eigenvalue weighted by Gasteiger charge is 2.44. The zero-order chi connectivity index (χ0) is 16.6. The van der Waals surface area contributed by atoms with Crippen molar-refractivity contribution in [3.8, 4) is 0 Å². The van der Waals surface area contributed by atoms with E-state index in [1.807, 2.05) is 0 Å². The predicted octanol–water partition coefficient (Wildman–Crippen LogP) is 4.10. The van der Waals surface area contributed by atoms with E-state index in [1.165, 1.54) is 70.6 Å². The van der Waals surface area contributed by atoms with Crippen molar-refractivity contribution in [2.45, 2.75) is 89.5 Å². The maximum atomic E-state index is 13.3. The summed E-state index contributed by atoms with van der Waals surface area (Å²) in [6, 6.07) is 0.373. The molecule has 3 nitrogen and oxygen atoms in total. The van der Waals surface area contributed by atoms with Gasteiger partial charge in [-0.15, -0.1) is 0 Å². The van der Waals surface area contributed by atoms with Gasteiger partial charge in [0.1, 0.15) is 0 Å². The van der Waals surface area contributed by atoms with E-state index in [9.17, 15) is 4.79 Å². The van der Waals surface area contributed by atoms with Gasteiger partial charge in [-0.25, -0.2) is 0 Å². The molecule has 1 saturated heterocycles. The van der Waals surface area contributed by atoms with Crippen LogP contribution in [0.5, 0.6) is 0 Å². The molecule has 1 aliphatic heterocycles. The molecule has 136 valence electrons. The highest BCUT2D eigenvalue weighted by atomic mass is 16.2. The Kier molecular flexibility index (Phi) is 4.90. The van der Waals surface area contributed by atoms with Crippen molar-refractivity contribution >= 4 is 5.91 Å². The van der Waals surface area contributed by atoms with Gasteiger partial charge < -0.3 is 10.6 Å². The van der Waals surface area contributed by atoms with Crippen LogP contribution < -0.4 is 5.73 Å². The smallest absolute Gasteiger partial charge is 0.225 e. The SMILES string of the molecule is NC1C2CCCC1CC(C(=O)N1CCCC3(CCCCCC3)C1)C2. The van der Waals surface area contributed by atoms with E-state index in [0.717, 1.165) is 25.9 Å². The lowest BCUT2D eigenvalue weighted by Crippen LogP contribution is -2.52. The van der Waals surface area contributed by atoms with Crippen LogP contribution in [0.2, 0.25) is 0 Å². The van der Waals surface area contributed by atoms with Gasteiger partial charge in [-0.3, -0.25) is 4.79 Å². The fourth-order valence-electron chi connectivity index (χ4n) is 6.53. The summed E-state index contributed by atoms with van der Waals surface area (Å²) in [6.45, 7) is 2.07. The molecule has 3 saturated carbocycles. The number of amides is 1. The van der Waals surface area contributed by atoms with Gasteiger partial charge in [-0.2, -0.15) is 0 Å². The summed E-state index contributed by atoms with van der Waals surface area (Å²) in [5, 5.41) is 0. The van der Waals surface area contributed by atoms with Gasteiger partial charge in [0.05, 0.1) is 0 Å². The molecule has 2 N–H and O–H groups in total. The number of nitrogens with zero attached hydrogens (tertiary/aromatic N) is 1. The second kappa shape index (κ2) is 6.97. The minimum absolute atomic E-state index is 0.279. The standard InChI is InChI=1S/C21H36N2O/c22-19-16-7-5-8-17(19)14-18(13-16)20(24)23-12-6-11-21(15-23)9-3-1-2-4-10-21/h16-19H,1-15,22H2. The molecular formula is C21H36N2O. The summed E-state index contributed by atoms with van der Waals surface area (Å²) < 4.78 is 0. The van der Waals surface area contributed by atoms with Crippen LogP contribution in [-0.4, -0.2) is 29.9 Å². The molecule has 3 heteroatoms. The van der Waals surface area contributed by atoms with Crippen molar-refractivity contribution < 1.29 is 4.79 Å². The van der Waals surface area contributed by atoms with Gasteiger partial charge in [0.25, 0.3) is 0 Å². The van der Waals surface area contributed by atoms with Crippen LogP contribution in [0.1, 0.15) is 83.5 Å². The van der Waals surface area contributed by atoms with Crippen molar-refractivity contribution in [1.82, 2.24) is 4.90 Å². The Balaban J connectivity index is 1.42. The first-order valence-corrected chi connectivity index (χ1v) is 10.7. The fraction of sp³-hybridized carbons (Fsp3) is 0.952. The third-order valence-corrected chi connectivity index (χ3v) is 7.90. The van der Waals surface area contributed by atoms with E-state index in [0.29, 0.717) is 29.2 Å². The molecule has 0 radical (unpaired) electrons. The van der Waals surface area contributed by atoms with E-state index in [-0.39, 0.29) is 5.92 Å². The molecule has 0 aromatic heterocycles. The Bertz CT molecular complexity index is 441. The number of carbonyl (C=O) groups is 1. The number of hydrogen-bond donors (Lipinski definition) is 1. The van der Waals surface area contributed by atoms with Crippen LogP contribution in [0.3, 0.4) is 0 Å². The summed E-state index contributed by atoms with van der Waals surface area (Å²) in [4.78, 5) is 15.6. The van der Waals surface area contributed by atoms with E-state index in [1.54, 1.807) is 0 Å². The molecule has 4 fully saturated rings. The van der Waals surface area contributed by atoms with Gasteiger partial charge in [-0.1, -0.05) is 32.1 Å². The van der Waals surface area contributed by atoms with Crippen LogP contribution in [0, 0.1) is 23.2 Å². The van der Waals surface area contributed by atoms with Gasteiger partial charge in [0.15, 0.2) is 0 Å². The van der Waals surface area contributed by atoms with Crippen molar-refractivity contribution in [1.29, 1.82) is 0 Å². The summed E-state index contributed by atoms with van der Waals surface area (Å²) in [7, 11) is 0. The van der Waals surface area contributed by atoms with Crippen molar-refractivity contribution in [2.24, 2.45) is 28.9 Å². The molecule has 4 rings (SSSR count). The molecule has 1 spiro atoms. The number of piperidine rings is 1. The van der Waals surface area contributed by atoms with Gasteiger partial charge in [0, 0.05) is 25.0 Å². The van der Waals surface area contributed by atoms with Crippen LogP contribution in [0.25, 0.3) is 0 Å². The fourth-order valence-corrected chi connectivity index (χ4v) is 6.53. The van der Waals surface area contributed by atoms with Gasteiger partial charge in [-0.05, 0) is 68.6 Å². The Labute approximate surface area is 147 Å². The van der Waals surface area contributed by atoms with E-state index in [4.69, 9.17) is 5.73 Å². The monoisotopic (exact) mass is 332 g/mol. The zero-order valence-corrected chi connectivity index (χ0v) is 15.3. The Morgan fingerprint density at radius 3 is 2.17 bits per heavy atom. The first-order chi connectivity index (χ1) is 11.7. The van der Waals surface area contributed by atoms with Crippen LogP contribution in [0.15, 0.2) is 0 Å². The first kappa shape index (κ1) is 16.9. The van der Waals surface area contributed by atoms with Crippen LogP contribution in [0.4, 0.5) is 0 Å². The van der Waals surface area contributed by atoms with Crippen LogP contribution in [-0.2, 0) is 4.79 Å². The number of hydrogen-bond acceptors (Lipinski definition) is 2. The maximum Gasteiger partial charge on any atom is 0.225 e. The molecule has 2 unspecified atom stereocenters. The lowest BCUT2D eigenvalue weighted by Gasteiger charge is -2.47. The van der Waals surface area contributed by atoms with Crippen LogP contribution >= 0.6 is 0 Å². The third-order valence-electron chi connectivity index (χ3n) is 7.90. The van der Waals surface area contributed by atoms with Gasteiger partial charge >= 0.3 is 0 Å². The van der Waals surface area contributed by atoms with Crippen molar-refractivity contribution in [2.75, 3.05) is 13.1 Å². The second-order valence-corrected chi connectivity index (χ2v) is 9.47. The second-order valence-electron chi connectivity index (χ2n) is 9.47. The van der Waals surface area contributed by atoms with E-state index in [2.05, 4.69) is 4.90 Å². The average molecular weight is 333 g/mol. The molecule has 0 aromatic rings. The highest BCUT2D eigenvalue weighted by molar-refractivity contribution is 5.79. The molecule has 2 bridgehead atoms. The number of carbonyl (C=O) groups excluding carboxylic acids is 1. The van der Waals surface area contributed by atoms with Crippen molar-refractivity contribution in [3.63, 3.8) is 0 Å². The molecule has 1 heterocycles. The summed E-state index contributed by atoms with van der Waals surface area (Å²) >= 11 is 0. The largest absolute Gasteiger partial charge is 0.342 e. The van der Waals surface area contributed by atoms with E-state index >= 15 is 0 Å². The lowest BCUT2D eigenvalue weighted by molar-refractivity contribution is -0.142. The van der Waals surface area contributed by atoms with Crippen molar-refractivity contribution in [3.05, 3.63) is 0 Å². The van der Waals surface area contributed by atoms with Gasteiger partial charge in [0.2, 0.25) is 5.91 Å². The van der Waals surface area contributed by atoms with E-state index < -0.39 is 0 Å². The molecule has 4 aliphatic rings. The third kappa shape index (κ3) is 3.25. The number of fused-ring (bicyclic) bond motifs is 2. The lowest BCUT2D eigenvalue weighted by atomic mass is 9.64. The average Bonchev–Trinajstić information content (AvgIpc) is 2.79. The molecule has 0 aromatic carbocycles. The highest BCUT2D eigenvalue weighted by Crippen LogP contribution is 2.45. The summed E-state index contributed by atoms with van der Waals surface area (Å²) in [5.41, 5.74) is 6.89. The number of likely N-dealkylation sites (tertiary alicyclic amines) is 1. The molecule has 24 heavy (non-hydrogen) atoms. The summed E-state index contributed by atoms with van der Waals surface area (Å²) in [6.07, 6.45) is 16.8. The number of nitrogens with two attached hydrogens (primary N) is 1. The summed E-state index contributed by atoms with van der Waals surface area (Å²) in [5.74, 6) is 1.99. The topological polar surface area (TPSA) is 46.3 Å². The Morgan fingerprint density at radius 2 is 1.50 bits per heavy atom. The number of rotatable bonds is 1. The first-order valence-electron chi connectivity index (χ1n) is 10.7. The Hall–Kier alpha value is -0.570. The Morgan fingerprint density at radius 1 is 0.875 bits per heavy atom. The molecule has 3 aliphatic carbocycles. The molecule has 1 amide bonds. The quantitative estimate of drug-likeness (QED) is 0.785. The predicted molar refractivity (Wildman–Crippen MR) is 97.5 cm³/mol. The molecule has 2 atom stereocenters. The molecular weight excluding hydrogens is 296 g/mol. The minimum atomic E-state index is 0.279. The minimum Gasteiger partial charge on any atom is -0.342 e.